The average molecular weight is 335 g/mol. The summed E-state index contributed by atoms with van der Waals surface area (Å²) < 4.78 is 11.1. The zero-order chi connectivity index (χ0) is 17.1. The van der Waals surface area contributed by atoms with E-state index in [4.69, 9.17) is 9.15 Å². The highest BCUT2D eigenvalue weighted by atomic mass is 16.5. The summed E-state index contributed by atoms with van der Waals surface area (Å²) in [7, 11) is 0. The number of aromatic nitrogens is 2. The summed E-state index contributed by atoms with van der Waals surface area (Å²) in [5.41, 5.74) is 4.54. The van der Waals surface area contributed by atoms with Crippen LogP contribution in [0.1, 0.15) is 11.5 Å². The molecule has 1 aromatic heterocycles. The van der Waals surface area contributed by atoms with Crippen molar-refractivity contribution in [1.82, 2.24) is 15.1 Å². The predicted molar refractivity (Wildman–Crippen MR) is 96.0 cm³/mol. The molecule has 0 unspecified atom stereocenters. The summed E-state index contributed by atoms with van der Waals surface area (Å²) in [6.07, 6.45) is 0. The van der Waals surface area contributed by atoms with Gasteiger partial charge in [0.2, 0.25) is 11.8 Å². The molecule has 0 atom stereocenters. The lowest BCUT2D eigenvalue weighted by molar-refractivity contribution is 0.0342. The molecule has 1 aliphatic rings. The van der Waals surface area contributed by atoms with E-state index in [1.807, 2.05) is 25.1 Å². The first-order valence-corrected chi connectivity index (χ1v) is 8.58. The van der Waals surface area contributed by atoms with Crippen LogP contribution in [0.2, 0.25) is 0 Å². The van der Waals surface area contributed by atoms with Crippen molar-refractivity contribution in [2.75, 3.05) is 26.3 Å². The van der Waals surface area contributed by atoms with Crippen LogP contribution in [0.4, 0.5) is 0 Å². The van der Waals surface area contributed by atoms with Crippen LogP contribution in [-0.2, 0) is 11.3 Å². The first-order valence-electron chi connectivity index (χ1n) is 8.58. The molecule has 0 amide bonds. The lowest BCUT2D eigenvalue weighted by atomic mass is 9.98. The van der Waals surface area contributed by atoms with Crippen molar-refractivity contribution in [2.24, 2.45) is 0 Å². The quantitative estimate of drug-likeness (QED) is 0.730. The van der Waals surface area contributed by atoms with Gasteiger partial charge in [-0.2, -0.15) is 0 Å². The molecule has 2 heterocycles. The van der Waals surface area contributed by atoms with Crippen molar-refractivity contribution >= 4 is 0 Å². The third-order valence-electron chi connectivity index (χ3n) is 4.43. The number of ether oxygens (including phenoxy) is 1. The minimum atomic E-state index is 0.562. The number of rotatable bonds is 4. The van der Waals surface area contributed by atoms with Gasteiger partial charge in [-0.1, -0.05) is 36.4 Å². The average Bonchev–Trinajstić information content (AvgIpc) is 3.09. The highest BCUT2D eigenvalue weighted by molar-refractivity contribution is 5.80. The third kappa shape index (κ3) is 3.62. The van der Waals surface area contributed by atoms with Gasteiger partial charge in [0.05, 0.1) is 13.2 Å². The molecule has 25 heavy (non-hydrogen) atoms. The summed E-state index contributed by atoms with van der Waals surface area (Å²) in [6.45, 7) is 6.36. The van der Waals surface area contributed by atoms with E-state index >= 15 is 0 Å². The maximum atomic E-state index is 5.64. The summed E-state index contributed by atoms with van der Waals surface area (Å²) in [4.78, 5) is 2.43. The second-order valence-corrected chi connectivity index (χ2v) is 6.26. The van der Waals surface area contributed by atoms with Crippen LogP contribution in [0.3, 0.4) is 0 Å². The van der Waals surface area contributed by atoms with E-state index in [0.717, 1.165) is 49.5 Å². The van der Waals surface area contributed by atoms with Gasteiger partial charge in [0.1, 0.15) is 0 Å². The second kappa shape index (κ2) is 7.17. The Morgan fingerprint density at radius 2 is 1.76 bits per heavy atom. The summed E-state index contributed by atoms with van der Waals surface area (Å²) >= 11 is 0. The van der Waals surface area contributed by atoms with Gasteiger partial charge in [-0.3, -0.25) is 4.90 Å². The molecule has 0 aliphatic carbocycles. The van der Waals surface area contributed by atoms with E-state index in [1.165, 1.54) is 5.56 Å². The van der Waals surface area contributed by atoms with Gasteiger partial charge in [-0.25, -0.2) is 0 Å². The van der Waals surface area contributed by atoms with Crippen LogP contribution in [0, 0.1) is 6.92 Å². The van der Waals surface area contributed by atoms with Gasteiger partial charge in [0.15, 0.2) is 0 Å². The molecular weight excluding hydrogens is 314 g/mol. The van der Waals surface area contributed by atoms with E-state index in [-0.39, 0.29) is 0 Å². The number of hydrogen-bond acceptors (Lipinski definition) is 5. The Morgan fingerprint density at radius 1 is 0.960 bits per heavy atom. The molecular formula is C20H21N3O2. The summed E-state index contributed by atoms with van der Waals surface area (Å²) in [5.74, 6) is 1.14. The van der Waals surface area contributed by atoms with Crippen molar-refractivity contribution in [3.05, 3.63) is 60.0 Å². The van der Waals surface area contributed by atoms with Crippen LogP contribution in [-0.4, -0.2) is 41.4 Å². The highest BCUT2D eigenvalue weighted by Crippen LogP contribution is 2.31. The molecule has 2 aromatic carbocycles. The fraction of sp³-hybridized carbons (Fsp3) is 0.300. The van der Waals surface area contributed by atoms with E-state index in [2.05, 4.69) is 45.4 Å². The Balaban J connectivity index is 1.65. The van der Waals surface area contributed by atoms with Crippen molar-refractivity contribution in [2.45, 2.75) is 13.5 Å². The Morgan fingerprint density at radius 3 is 2.52 bits per heavy atom. The van der Waals surface area contributed by atoms with Gasteiger partial charge in [-0.05, 0) is 28.8 Å². The molecule has 0 bridgehead atoms. The first kappa shape index (κ1) is 16.0. The molecule has 0 N–H and O–H groups in total. The van der Waals surface area contributed by atoms with Crippen LogP contribution in [0.5, 0.6) is 0 Å². The summed E-state index contributed by atoms with van der Waals surface area (Å²) in [5, 5.41) is 8.14. The Labute approximate surface area is 147 Å². The molecule has 5 heteroatoms. The zero-order valence-corrected chi connectivity index (χ0v) is 14.3. The van der Waals surface area contributed by atoms with Crippen molar-refractivity contribution in [3.8, 4) is 22.6 Å². The van der Waals surface area contributed by atoms with Crippen LogP contribution in [0.25, 0.3) is 22.6 Å². The fourth-order valence-electron chi connectivity index (χ4n) is 3.18. The predicted octanol–water partition coefficient (Wildman–Crippen LogP) is 3.54. The van der Waals surface area contributed by atoms with Crippen molar-refractivity contribution < 1.29 is 9.15 Å². The van der Waals surface area contributed by atoms with Crippen molar-refractivity contribution in [3.63, 3.8) is 0 Å². The lowest BCUT2D eigenvalue weighted by Gasteiger charge is -2.26. The lowest BCUT2D eigenvalue weighted by Crippen LogP contribution is -2.35. The largest absolute Gasteiger partial charge is 0.421 e. The fourth-order valence-corrected chi connectivity index (χ4v) is 3.18. The molecule has 128 valence electrons. The zero-order valence-electron chi connectivity index (χ0n) is 14.3. The molecule has 3 aromatic rings. The topological polar surface area (TPSA) is 51.4 Å². The van der Waals surface area contributed by atoms with E-state index < -0.39 is 0 Å². The monoisotopic (exact) mass is 335 g/mol. The third-order valence-corrected chi connectivity index (χ3v) is 4.43. The molecule has 5 nitrogen and oxygen atoms in total. The molecule has 0 radical (unpaired) electrons. The van der Waals surface area contributed by atoms with Gasteiger partial charge in [0, 0.05) is 32.1 Å². The Kier molecular flexibility index (Phi) is 4.59. The summed E-state index contributed by atoms with van der Waals surface area (Å²) in [6, 6.07) is 16.8. The normalized spacial score (nSPS) is 15.4. The van der Waals surface area contributed by atoms with Gasteiger partial charge >= 0.3 is 0 Å². The Bertz CT molecular complexity index is 853. The molecule has 1 fully saturated rings. The highest BCUT2D eigenvalue weighted by Gasteiger charge is 2.14. The minimum Gasteiger partial charge on any atom is -0.421 e. The molecule has 0 spiro atoms. The van der Waals surface area contributed by atoms with Crippen LogP contribution >= 0.6 is 0 Å². The number of morpholine rings is 1. The van der Waals surface area contributed by atoms with Gasteiger partial charge in [0.25, 0.3) is 0 Å². The smallest absolute Gasteiger partial charge is 0.248 e. The molecule has 4 rings (SSSR count). The number of aryl methyl sites for hydroxylation is 1. The first-order chi connectivity index (χ1) is 12.3. The Hall–Kier alpha value is -2.50. The molecule has 1 aliphatic heterocycles. The maximum Gasteiger partial charge on any atom is 0.248 e. The molecule has 1 saturated heterocycles. The van der Waals surface area contributed by atoms with Crippen LogP contribution < -0.4 is 0 Å². The standard InChI is InChI=1S/C20H21N3O2/c1-15-21-22-20(25-15)19-8-3-2-7-18(19)17-6-4-5-16(13-17)14-23-9-11-24-12-10-23/h2-8,13H,9-12,14H2,1H3. The van der Waals surface area contributed by atoms with E-state index in [1.54, 1.807) is 0 Å². The number of nitrogens with zero attached hydrogens (tertiary/aromatic N) is 3. The van der Waals surface area contributed by atoms with E-state index in [9.17, 15) is 0 Å². The van der Waals surface area contributed by atoms with Gasteiger partial charge < -0.3 is 9.15 Å². The number of hydrogen-bond donors (Lipinski definition) is 0. The van der Waals surface area contributed by atoms with Crippen molar-refractivity contribution in [1.29, 1.82) is 0 Å². The van der Waals surface area contributed by atoms with Crippen LogP contribution in [0.15, 0.2) is 52.9 Å². The van der Waals surface area contributed by atoms with E-state index in [0.29, 0.717) is 11.8 Å². The molecule has 0 saturated carbocycles. The number of benzene rings is 2. The maximum absolute atomic E-state index is 5.64. The SMILES string of the molecule is Cc1nnc(-c2ccccc2-c2cccc(CN3CCOCC3)c2)o1. The minimum absolute atomic E-state index is 0.562. The second-order valence-electron chi connectivity index (χ2n) is 6.26. The van der Waals surface area contributed by atoms with Gasteiger partial charge in [-0.15, -0.1) is 10.2 Å².